The van der Waals surface area contributed by atoms with Crippen LogP contribution in [-0.2, 0) is 6.54 Å². The maximum Gasteiger partial charge on any atom is 0.292 e. The molecule has 4 rings (SSSR count). The van der Waals surface area contributed by atoms with Crippen LogP contribution in [0, 0.1) is 10.1 Å². The monoisotopic (exact) mass is 449 g/mol. The second-order valence-electron chi connectivity index (χ2n) is 7.32. The first-order valence-electron chi connectivity index (χ1n) is 10.4. The number of methoxy groups -OCH3 is 1. The van der Waals surface area contributed by atoms with Crippen molar-refractivity contribution in [2.75, 3.05) is 43.1 Å². The number of ether oxygens (including phenoxy) is 1. The summed E-state index contributed by atoms with van der Waals surface area (Å²) in [6.45, 7) is 2.56. The van der Waals surface area contributed by atoms with Crippen LogP contribution in [0.4, 0.5) is 17.3 Å². The van der Waals surface area contributed by atoms with E-state index in [1.54, 1.807) is 24.4 Å². The zero-order valence-corrected chi connectivity index (χ0v) is 18.0. The van der Waals surface area contributed by atoms with Gasteiger partial charge in [0.05, 0.1) is 24.3 Å². The minimum absolute atomic E-state index is 0.0879. The molecule has 0 atom stereocenters. The van der Waals surface area contributed by atoms with E-state index in [-0.39, 0.29) is 34.5 Å². The van der Waals surface area contributed by atoms with Gasteiger partial charge in [-0.1, -0.05) is 18.2 Å². The lowest BCUT2D eigenvalue weighted by Crippen LogP contribution is -2.47. The van der Waals surface area contributed by atoms with Crippen LogP contribution in [0.3, 0.4) is 0 Å². The number of carbonyl (C=O) groups excluding carboxylic acids is 1. The summed E-state index contributed by atoms with van der Waals surface area (Å²) in [5.41, 5.74) is 1.65. The maximum absolute atomic E-state index is 12.6. The zero-order valence-electron chi connectivity index (χ0n) is 18.0. The quantitative estimate of drug-likeness (QED) is 0.426. The summed E-state index contributed by atoms with van der Waals surface area (Å²) in [6, 6.07) is 12.2. The van der Waals surface area contributed by atoms with Gasteiger partial charge in [0, 0.05) is 44.6 Å². The topological polar surface area (TPSA) is 127 Å². The lowest BCUT2D eigenvalue weighted by molar-refractivity contribution is -0.384. The van der Waals surface area contributed by atoms with Crippen LogP contribution in [0.25, 0.3) is 0 Å². The second-order valence-corrected chi connectivity index (χ2v) is 7.32. The van der Waals surface area contributed by atoms with Gasteiger partial charge >= 0.3 is 0 Å². The van der Waals surface area contributed by atoms with Crippen molar-refractivity contribution in [3.63, 3.8) is 0 Å². The molecule has 1 fully saturated rings. The first kappa shape index (κ1) is 21.9. The fraction of sp³-hybridized carbons (Fsp3) is 0.273. The van der Waals surface area contributed by atoms with Crippen LogP contribution >= 0.6 is 0 Å². The Morgan fingerprint density at radius 1 is 1.09 bits per heavy atom. The number of para-hydroxylation sites is 2. The lowest BCUT2D eigenvalue weighted by atomic mass is 10.2. The van der Waals surface area contributed by atoms with E-state index in [1.165, 1.54) is 19.4 Å². The van der Waals surface area contributed by atoms with Gasteiger partial charge in [0.2, 0.25) is 11.8 Å². The molecule has 0 aliphatic carbocycles. The molecule has 1 N–H and O–H groups in total. The molecule has 0 bridgehead atoms. The number of pyridine rings is 1. The summed E-state index contributed by atoms with van der Waals surface area (Å²) in [6.07, 6.45) is 3.11. The van der Waals surface area contributed by atoms with E-state index in [9.17, 15) is 14.9 Å². The standard InChI is InChI=1S/C22H23N7O4/c1-33-21-17(20(30)24-14-16-6-4-5-9-23-16)15-25-22(26-21)28-12-10-27(11-13-28)18-7-2-3-8-19(18)29(31)32/h2-9,15H,10-14H2,1H3,(H,24,30). The van der Waals surface area contributed by atoms with E-state index >= 15 is 0 Å². The van der Waals surface area contributed by atoms with Gasteiger partial charge in [-0.25, -0.2) is 4.98 Å². The molecule has 0 spiro atoms. The molecule has 1 amide bonds. The lowest BCUT2D eigenvalue weighted by Gasteiger charge is -2.35. The first-order chi connectivity index (χ1) is 16.1. The highest BCUT2D eigenvalue weighted by Gasteiger charge is 2.25. The number of nitro groups is 1. The van der Waals surface area contributed by atoms with Crippen molar-refractivity contribution >= 4 is 23.2 Å². The molecule has 11 nitrogen and oxygen atoms in total. The molecule has 1 aliphatic rings. The summed E-state index contributed by atoms with van der Waals surface area (Å²) in [5, 5.41) is 14.1. The van der Waals surface area contributed by atoms with Gasteiger partial charge < -0.3 is 19.9 Å². The van der Waals surface area contributed by atoms with Crippen LogP contribution in [0.1, 0.15) is 16.1 Å². The number of nitrogens with one attached hydrogen (secondary N) is 1. The highest BCUT2D eigenvalue weighted by atomic mass is 16.6. The summed E-state index contributed by atoms with van der Waals surface area (Å²) >= 11 is 0. The van der Waals surface area contributed by atoms with Gasteiger partial charge in [0.25, 0.3) is 11.6 Å². The van der Waals surface area contributed by atoms with Crippen molar-refractivity contribution in [3.8, 4) is 5.88 Å². The second kappa shape index (κ2) is 9.90. The van der Waals surface area contributed by atoms with Crippen molar-refractivity contribution in [1.29, 1.82) is 0 Å². The Morgan fingerprint density at radius 3 is 2.52 bits per heavy atom. The average molecular weight is 449 g/mol. The molecule has 0 saturated carbocycles. The van der Waals surface area contributed by atoms with Crippen molar-refractivity contribution < 1.29 is 14.5 Å². The number of hydrogen-bond acceptors (Lipinski definition) is 9. The SMILES string of the molecule is COc1nc(N2CCN(c3ccccc3[N+](=O)[O-])CC2)ncc1C(=O)NCc1ccccn1. The third-order valence-corrected chi connectivity index (χ3v) is 5.32. The number of nitrogens with zero attached hydrogens (tertiary/aromatic N) is 6. The Balaban J connectivity index is 1.42. The Bertz CT molecular complexity index is 1130. The number of amides is 1. The minimum atomic E-state index is -0.368. The molecule has 3 heterocycles. The Morgan fingerprint density at radius 2 is 1.82 bits per heavy atom. The number of rotatable bonds is 7. The summed E-state index contributed by atoms with van der Waals surface area (Å²) in [7, 11) is 1.45. The van der Waals surface area contributed by atoms with E-state index in [4.69, 9.17) is 4.74 Å². The Hall–Kier alpha value is -4.28. The van der Waals surface area contributed by atoms with Crippen molar-refractivity contribution in [1.82, 2.24) is 20.3 Å². The van der Waals surface area contributed by atoms with Crippen LogP contribution in [0.2, 0.25) is 0 Å². The molecule has 2 aromatic heterocycles. The van der Waals surface area contributed by atoms with Crippen molar-refractivity contribution in [2.45, 2.75) is 6.54 Å². The fourth-order valence-corrected chi connectivity index (χ4v) is 3.62. The number of piperazine rings is 1. The van der Waals surface area contributed by atoms with Gasteiger partial charge in [0.1, 0.15) is 11.3 Å². The number of hydrogen-bond donors (Lipinski definition) is 1. The average Bonchev–Trinajstić information content (AvgIpc) is 2.87. The predicted molar refractivity (Wildman–Crippen MR) is 122 cm³/mol. The maximum atomic E-state index is 12.6. The molecule has 170 valence electrons. The Labute approximate surface area is 190 Å². The molecule has 0 radical (unpaired) electrons. The third-order valence-electron chi connectivity index (χ3n) is 5.32. The predicted octanol–water partition coefficient (Wildman–Crippen LogP) is 2.04. The molecular weight excluding hydrogens is 426 g/mol. The molecule has 33 heavy (non-hydrogen) atoms. The van der Waals surface area contributed by atoms with E-state index < -0.39 is 0 Å². The van der Waals surface area contributed by atoms with Gasteiger partial charge in [-0.2, -0.15) is 4.98 Å². The molecule has 11 heteroatoms. The first-order valence-corrected chi connectivity index (χ1v) is 10.4. The third kappa shape index (κ3) is 4.97. The van der Waals surface area contributed by atoms with E-state index in [0.717, 1.165) is 5.69 Å². The highest BCUT2D eigenvalue weighted by Crippen LogP contribution is 2.29. The smallest absolute Gasteiger partial charge is 0.292 e. The molecule has 0 unspecified atom stereocenters. The number of nitro benzene ring substituents is 1. The number of aromatic nitrogens is 3. The molecule has 3 aromatic rings. The van der Waals surface area contributed by atoms with Crippen LogP contribution < -0.4 is 19.9 Å². The zero-order chi connectivity index (χ0) is 23.2. The Kier molecular flexibility index (Phi) is 6.58. The summed E-state index contributed by atoms with van der Waals surface area (Å²) in [4.78, 5) is 40.5. The highest BCUT2D eigenvalue weighted by molar-refractivity contribution is 5.96. The van der Waals surface area contributed by atoms with E-state index in [0.29, 0.717) is 37.8 Å². The van der Waals surface area contributed by atoms with Crippen molar-refractivity contribution in [2.24, 2.45) is 0 Å². The van der Waals surface area contributed by atoms with Crippen LogP contribution in [-0.4, -0.2) is 59.1 Å². The van der Waals surface area contributed by atoms with Gasteiger partial charge in [-0.05, 0) is 18.2 Å². The molecule has 1 aliphatic heterocycles. The molecular formula is C22H23N7O4. The number of anilines is 2. The van der Waals surface area contributed by atoms with E-state index in [2.05, 4.69) is 20.3 Å². The normalized spacial score (nSPS) is 13.5. The fourth-order valence-electron chi connectivity index (χ4n) is 3.62. The van der Waals surface area contributed by atoms with Gasteiger partial charge in [-0.3, -0.25) is 19.9 Å². The number of carbonyl (C=O) groups is 1. The molecule has 1 aromatic carbocycles. The van der Waals surface area contributed by atoms with Gasteiger partial charge in [0.15, 0.2) is 0 Å². The van der Waals surface area contributed by atoms with Crippen LogP contribution in [0.15, 0.2) is 54.9 Å². The largest absolute Gasteiger partial charge is 0.480 e. The number of benzene rings is 1. The summed E-state index contributed by atoms with van der Waals surface area (Å²) in [5.74, 6) is 0.264. The van der Waals surface area contributed by atoms with E-state index in [1.807, 2.05) is 28.0 Å². The van der Waals surface area contributed by atoms with Crippen molar-refractivity contribution in [3.05, 3.63) is 76.2 Å². The summed E-state index contributed by atoms with van der Waals surface area (Å²) < 4.78 is 5.34. The van der Waals surface area contributed by atoms with Gasteiger partial charge in [-0.15, -0.1) is 0 Å². The molecule has 1 saturated heterocycles. The van der Waals surface area contributed by atoms with Crippen LogP contribution in [0.5, 0.6) is 5.88 Å². The minimum Gasteiger partial charge on any atom is -0.480 e.